The summed E-state index contributed by atoms with van der Waals surface area (Å²) in [6.07, 6.45) is 0.370. The number of furan rings is 1. The number of fused-ring (bicyclic) bond motifs is 1. The summed E-state index contributed by atoms with van der Waals surface area (Å²) in [5.41, 5.74) is 3.67. The van der Waals surface area contributed by atoms with Gasteiger partial charge in [-0.25, -0.2) is 0 Å². The highest BCUT2D eigenvalue weighted by Gasteiger charge is 2.15. The highest BCUT2D eigenvalue weighted by atomic mass is 16.4. The summed E-state index contributed by atoms with van der Waals surface area (Å²) >= 11 is 0. The molecule has 0 fully saturated rings. The standard InChI is InChI=1S/C21H18O3/c1-14-6-8-16(9-7-14)10-11-17-4-3-5-18-13-19(24-20(17)18)12-15(2)21(22)23/h3-9,13,15H,12H2,1-2H3,(H,22,23)/t15-/m1/s1. The maximum absolute atomic E-state index is 11.0. The first kappa shape index (κ1) is 15.9. The molecule has 0 amide bonds. The summed E-state index contributed by atoms with van der Waals surface area (Å²) in [5, 5.41) is 9.98. The first-order chi connectivity index (χ1) is 11.5. The molecule has 0 bridgehead atoms. The predicted octanol–water partition coefficient (Wildman–Crippen LogP) is 4.40. The molecule has 2 aromatic carbocycles. The van der Waals surface area contributed by atoms with Crippen LogP contribution in [0.5, 0.6) is 0 Å². The van der Waals surface area contributed by atoms with E-state index in [1.54, 1.807) is 6.92 Å². The zero-order chi connectivity index (χ0) is 17.1. The van der Waals surface area contributed by atoms with Gasteiger partial charge < -0.3 is 9.52 Å². The van der Waals surface area contributed by atoms with Crippen molar-refractivity contribution in [3.63, 3.8) is 0 Å². The molecule has 1 N–H and O–H groups in total. The van der Waals surface area contributed by atoms with Crippen molar-refractivity contribution in [2.75, 3.05) is 0 Å². The van der Waals surface area contributed by atoms with Crippen molar-refractivity contribution < 1.29 is 14.3 Å². The average molecular weight is 318 g/mol. The molecular weight excluding hydrogens is 300 g/mol. The number of aryl methyl sites for hydroxylation is 1. The van der Waals surface area contributed by atoms with Crippen molar-refractivity contribution in [2.24, 2.45) is 5.92 Å². The molecule has 0 aliphatic carbocycles. The second kappa shape index (κ2) is 6.64. The third kappa shape index (κ3) is 3.49. The largest absolute Gasteiger partial charge is 0.481 e. The Kier molecular flexibility index (Phi) is 4.39. The van der Waals surface area contributed by atoms with Crippen LogP contribution in [0, 0.1) is 24.7 Å². The van der Waals surface area contributed by atoms with Gasteiger partial charge >= 0.3 is 5.97 Å². The summed E-state index contributed by atoms with van der Waals surface area (Å²) < 4.78 is 5.86. The van der Waals surface area contributed by atoms with E-state index >= 15 is 0 Å². The van der Waals surface area contributed by atoms with Crippen LogP contribution in [0.15, 0.2) is 52.9 Å². The maximum atomic E-state index is 11.0. The van der Waals surface area contributed by atoms with Gasteiger partial charge in [-0.15, -0.1) is 0 Å². The van der Waals surface area contributed by atoms with Crippen LogP contribution in [0.4, 0.5) is 0 Å². The zero-order valence-electron chi connectivity index (χ0n) is 13.7. The average Bonchev–Trinajstić information content (AvgIpc) is 2.97. The minimum Gasteiger partial charge on any atom is -0.481 e. The molecule has 0 saturated carbocycles. The van der Waals surface area contributed by atoms with Crippen molar-refractivity contribution in [1.29, 1.82) is 0 Å². The molecule has 3 heteroatoms. The Morgan fingerprint density at radius 3 is 2.62 bits per heavy atom. The van der Waals surface area contributed by atoms with E-state index in [1.807, 2.05) is 55.5 Å². The lowest BCUT2D eigenvalue weighted by Crippen LogP contribution is -2.11. The van der Waals surface area contributed by atoms with Crippen LogP contribution in [0.2, 0.25) is 0 Å². The molecule has 3 nitrogen and oxygen atoms in total. The lowest BCUT2D eigenvalue weighted by atomic mass is 10.1. The Morgan fingerprint density at radius 2 is 1.92 bits per heavy atom. The van der Waals surface area contributed by atoms with Gasteiger partial charge in [0.25, 0.3) is 0 Å². The van der Waals surface area contributed by atoms with Crippen molar-refractivity contribution >= 4 is 16.9 Å². The Hall–Kier alpha value is -2.99. The fourth-order valence-corrected chi connectivity index (χ4v) is 2.48. The van der Waals surface area contributed by atoms with Crippen molar-refractivity contribution in [3.8, 4) is 11.8 Å². The molecule has 3 rings (SSSR count). The van der Waals surface area contributed by atoms with Crippen molar-refractivity contribution in [2.45, 2.75) is 20.3 Å². The summed E-state index contributed by atoms with van der Waals surface area (Å²) in [6, 6.07) is 15.7. The van der Waals surface area contributed by atoms with Crippen LogP contribution in [0.1, 0.15) is 29.4 Å². The number of aliphatic carboxylic acids is 1. The first-order valence-electron chi connectivity index (χ1n) is 7.86. The normalized spacial score (nSPS) is 11.8. The second-order valence-electron chi connectivity index (χ2n) is 6.00. The molecule has 1 aromatic heterocycles. The van der Waals surface area contributed by atoms with E-state index in [9.17, 15) is 4.79 Å². The first-order valence-corrected chi connectivity index (χ1v) is 7.86. The highest BCUT2D eigenvalue weighted by Crippen LogP contribution is 2.24. The maximum Gasteiger partial charge on any atom is 0.306 e. The van der Waals surface area contributed by atoms with Crippen molar-refractivity contribution in [1.82, 2.24) is 0 Å². The van der Waals surface area contributed by atoms with E-state index in [2.05, 4.69) is 11.8 Å². The molecule has 0 saturated heterocycles. The number of carboxylic acids is 1. The quantitative estimate of drug-likeness (QED) is 0.728. The SMILES string of the molecule is Cc1ccc(C#Cc2cccc3cc(C[C@@H](C)C(=O)O)oc23)cc1. The molecule has 1 heterocycles. The number of para-hydroxylation sites is 1. The Morgan fingerprint density at radius 1 is 1.17 bits per heavy atom. The van der Waals surface area contributed by atoms with Crippen LogP contribution >= 0.6 is 0 Å². The lowest BCUT2D eigenvalue weighted by Gasteiger charge is -2.01. The summed E-state index contributed by atoms with van der Waals surface area (Å²) in [6.45, 7) is 3.72. The minimum atomic E-state index is -0.824. The van der Waals surface area contributed by atoms with Crippen LogP contribution in [0.3, 0.4) is 0 Å². The number of carboxylic acid groups (broad SMARTS) is 1. The van der Waals surface area contributed by atoms with E-state index in [1.165, 1.54) is 5.56 Å². The van der Waals surface area contributed by atoms with Gasteiger partial charge in [0, 0.05) is 17.4 Å². The molecule has 0 unspecified atom stereocenters. The van der Waals surface area contributed by atoms with Gasteiger partial charge in [0.2, 0.25) is 0 Å². The summed E-state index contributed by atoms with van der Waals surface area (Å²) in [7, 11) is 0. The van der Waals surface area contributed by atoms with E-state index in [-0.39, 0.29) is 0 Å². The predicted molar refractivity (Wildman–Crippen MR) is 93.9 cm³/mol. The van der Waals surface area contributed by atoms with Crippen LogP contribution in [-0.2, 0) is 11.2 Å². The van der Waals surface area contributed by atoms with Crippen LogP contribution in [0.25, 0.3) is 11.0 Å². The molecule has 0 aliphatic rings. The summed E-state index contributed by atoms with van der Waals surface area (Å²) in [5.74, 6) is 5.66. The van der Waals surface area contributed by atoms with Gasteiger partial charge in [0.15, 0.2) is 0 Å². The minimum absolute atomic E-state index is 0.370. The molecule has 1 atom stereocenters. The smallest absolute Gasteiger partial charge is 0.306 e. The number of hydrogen-bond acceptors (Lipinski definition) is 2. The fraction of sp³-hybridized carbons (Fsp3) is 0.190. The van der Waals surface area contributed by atoms with Crippen molar-refractivity contribution in [3.05, 3.63) is 71.0 Å². The molecular formula is C21H18O3. The molecule has 3 aromatic rings. The zero-order valence-corrected chi connectivity index (χ0v) is 13.7. The molecule has 24 heavy (non-hydrogen) atoms. The van der Waals surface area contributed by atoms with E-state index < -0.39 is 11.9 Å². The van der Waals surface area contributed by atoms with Crippen LogP contribution in [-0.4, -0.2) is 11.1 Å². The van der Waals surface area contributed by atoms with Gasteiger partial charge in [-0.2, -0.15) is 0 Å². The van der Waals surface area contributed by atoms with E-state index in [4.69, 9.17) is 9.52 Å². The number of carbonyl (C=O) groups is 1. The van der Waals surface area contributed by atoms with Gasteiger partial charge in [0.1, 0.15) is 11.3 Å². The van der Waals surface area contributed by atoms with Gasteiger partial charge in [0.05, 0.1) is 11.5 Å². The van der Waals surface area contributed by atoms with Gasteiger partial charge in [-0.05, 0) is 31.2 Å². The number of hydrogen-bond donors (Lipinski definition) is 1. The monoisotopic (exact) mass is 318 g/mol. The topological polar surface area (TPSA) is 50.4 Å². The molecule has 0 spiro atoms. The van der Waals surface area contributed by atoms with E-state index in [0.717, 1.165) is 16.5 Å². The van der Waals surface area contributed by atoms with E-state index in [0.29, 0.717) is 17.8 Å². The van der Waals surface area contributed by atoms with Gasteiger partial charge in [-0.3, -0.25) is 4.79 Å². The fourth-order valence-electron chi connectivity index (χ4n) is 2.48. The Bertz CT molecular complexity index is 937. The Labute approximate surface area is 140 Å². The highest BCUT2D eigenvalue weighted by molar-refractivity contribution is 5.84. The molecule has 0 aliphatic heterocycles. The number of rotatable bonds is 3. The number of benzene rings is 2. The molecule has 0 radical (unpaired) electrons. The second-order valence-corrected chi connectivity index (χ2v) is 6.00. The van der Waals surface area contributed by atoms with Gasteiger partial charge in [-0.1, -0.05) is 48.6 Å². The third-order valence-electron chi connectivity index (χ3n) is 3.92. The van der Waals surface area contributed by atoms with Crippen LogP contribution < -0.4 is 0 Å². The third-order valence-corrected chi connectivity index (χ3v) is 3.92. The Balaban J connectivity index is 1.93. The molecule has 120 valence electrons. The lowest BCUT2D eigenvalue weighted by molar-refractivity contribution is -0.141. The summed E-state index contributed by atoms with van der Waals surface area (Å²) in [4.78, 5) is 11.0.